The van der Waals surface area contributed by atoms with Gasteiger partial charge in [-0.1, -0.05) is 19.0 Å². The van der Waals surface area contributed by atoms with E-state index in [9.17, 15) is 4.79 Å². The second-order valence-corrected chi connectivity index (χ2v) is 8.04. The minimum absolute atomic E-state index is 0.00491. The number of likely N-dealkylation sites (tertiary alicyclic amines) is 1. The number of carbonyl (C=O) groups excluding carboxylic acids is 1. The van der Waals surface area contributed by atoms with Crippen LogP contribution in [0, 0.1) is 16.7 Å². The van der Waals surface area contributed by atoms with Crippen LogP contribution in [0.2, 0.25) is 0 Å². The quantitative estimate of drug-likeness (QED) is 0.845. The standard InChI is InChI=1S/C17H25N3O3/c1-16(2)10-17(11-19-4-7-22-8-5-19)12-20(9-14(16)17)15(21)13-3-6-23-18-13/h3,6,14H,4-5,7-12H2,1-2H3/t14-,17+/m1/s1. The number of hydrogen-bond donors (Lipinski definition) is 0. The lowest BCUT2D eigenvalue weighted by atomic mass is 9.48. The molecule has 1 saturated carbocycles. The van der Waals surface area contributed by atoms with Gasteiger partial charge in [-0.05, 0) is 17.8 Å². The van der Waals surface area contributed by atoms with Crippen LogP contribution in [0.15, 0.2) is 16.9 Å². The lowest BCUT2D eigenvalue weighted by molar-refractivity contribution is -0.0966. The number of aromatic nitrogens is 1. The maximum atomic E-state index is 12.6. The van der Waals surface area contributed by atoms with E-state index in [1.807, 2.05) is 4.90 Å². The number of rotatable bonds is 3. The Kier molecular flexibility index (Phi) is 3.50. The summed E-state index contributed by atoms with van der Waals surface area (Å²) in [5.41, 5.74) is 0.969. The Balaban J connectivity index is 1.51. The molecule has 1 amide bonds. The van der Waals surface area contributed by atoms with Gasteiger partial charge in [-0.2, -0.15) is 0 Å². The van der Waals surface area contributed by atoms with Gasteiger partial charge in [-0.15, -0.1) is 0 Å². The van der Waals surface area contributed by atoms with Crippen molar-refractivity contribution in [3.05, 3.63) is 18.0 Å². The van der Waals surface area contributed by atoms with Crippen LogP contribution in [0.5, 0.6) is 0 Å². The van der Waals surface area contributed by atoms with Crippen LogP contribution in [-0.2, 0) is 4.74 Å². The molecule has 0 aromatic carbocycles. The molecule has 4 rings (SSSR count). The Morgan fingerprint density at radius 1 is 1.39 bits per heavy atom. The maximum Gasteiger partial charge on any atom is 0.276 e. The SMILES string of the molecule is CC1(C)C[C@]2(CN3CCOCC3)CN(C(=O)c3ccon3)C[C@H]12. The van der Waals surface area contributed by atoms with Crippen molar-refractivity contribution in [3.8, 4) is 0 Å². The first-order valence-corrected chi connectivity index (χ1v) is 8.50. The first-order valence-electron chi connectivity index (χ1n) is 8.50. The number of nitrogens with zero attached hydrogens (tertiary/aromatic N) is 3. The molecule has 6 nitrogen and oxygen atoms in total. The molecule has 3 heterocycles. The van der Waals surface area contributed by atoms with Crippen molar-refractivity contribution in [1.82, 2.24) is 15.0 Å². The molecule has 2 atom stereocenters. The average molecular weight is 319 g/mol. The van der Waals surface area contributed by atoms with Crippen molar-refractivity contribution in [2.24, 2.45) is 16.7 Å². The lowest BCUT2D eigenvalue weighted by Crippen LogP contribution is -2.59. The third-order valence-corrected chi connectivity index (χ3v) is 5.99. The van der Waals surface area contributed by atoms with Crippen LogP contribution in [0.3, 0.4) is 0 Å². The van der Waals surface area contributed by atoms with E-state index in [1.54, 1.807) is 6.07 Å². The fourth-order valence-electron chi connectivity index (χ4n) is 5.18. The maximum absolute atomic E-state index is 12.6. The molecule has 2 aliphatic heterocycles. The highest BCUT2D eigenvalue weighted by molar-refractivity contribution is 5.92. The minimum Gasteiger partial charge on any atom is -0.379 e. The largest absolute Gasteiger partial charge is 0.379 e. The fourth-order valence-corrected chi connectivity index (χ4v) is 5.18. The number of amides is 1. The Hall–Kier alpha value is -1.40. The van der Waals surface area contributed by atoms with Crippen LogP contribution < -0.4 is 0 Å². The zero-order chi connectivity index (χ0) is 16.1. The van der Waals surface area contributed by atoms with Crippen LogP contribution in [0.25, 0.3) is 0 Å². The van der Waals surface area contributed by atoms with Gasteiger partial charge in [0.2, 0.25) is 0 Å². The molecule has 1 aromatic rings. The van der Waals surface area contributed by atoms with E-state index >= 15 is 0 Å². The first kappa shape index (κ1) is 15.1. The van der Waals surface area contributed by atoms with Gasteiger partial charge < -0.3 is 14.2 Å². The van der Waals surface area contributed by atoms with Crippen LogP contribution in [0.4, 0.5) is 0 Å². The summed E-state index contributed by atoms with van der Waals surface area (Å²) in [5, 5.41) is 3.81. The van der Waals surface area contributed by atoms with Gasteiger partial charge in [0.1, 0.15) is 6.26 Å². The summed E-state index contributed by atoms with van der Waals surface area (Å²) in [6.07, 6.45) is 2.65. The molecule has 3 fully saturated rings. The predicted octanol–water partition coefficient (Wildman–Crippen LogP) is 1.50. The minimum atomic E-state index is 0.00491. The second kappa shape index (κ2) is 5.31. The summed E-state index contributed by atoms with van der Waals surface area (Å²) in [7, 11) is 0. The van der Waals surface area contributed by atoms with Gasteiger partial charge in [0.05, 0.1) is 13.2 Å². The summed E-state index contributed by atoms with van der Waals surface area (Å²) in [5.74, 6) is 0.569. The van der Waals surface area contributed by atoms with E-state index < -0.39 is 0 Å². The van der Waals surface area contributed by atoms with E-state index in [-0.39, 0.29) is 11.3 Å². The molecule has 0 bridgehead atoms. The van der Waals surface area contributed by atoms with Crippen molar-refractivity contribution in [1.29, 1.82) is 0 Å². The molecule has 0 N–H and O–H groups in total. The third-order valence-electron chi connectivity index (χ3n) is 5.99. The van der Waals surface area contributed by atoms with Crippen molar-refractivity contribution < 1.29 is 14.1 Å². The van der Waals surface area contributed by atoms with Crippen LogP contribution in [0.1, 0.15) is 30.8 Å². The van der Waals surface area contributed by atoms with E-state index in [0.717, 1.165) is 45.9 Å². The number of morpholine rings is 1. The van der Waals surface area contributed by atoms with E-state index in [0.29, 0.717) is 17.0 Å². The highest BCUT2D eigenvalue weighted by Gasteiger charge is 2.63. The Morgan fingerprint density at radius 3 is 2.83 bits per heavy atom. The normalized spacial score (nSPS) is 33.3. The van der Waals surface area contributed by atoms with E-state index in [4.69, 9.17) is 9.26 Å². The molecule has 1 aliphatic carbocycles. The molecule has 1 aromatic heterocycles. The van der Waals surface area contributed by atoms with Crippen molar-refractivity contribution >= 4 is 5.91 Å². The van der Waals surface area contributed by atoms with Gasteiger partial charge >= 0.3 is 0 Å². The number of ether oxygens (including phenoxy) is 1. The molecule has 3 aliphatic rings. The number of fused-ring (bicyclic) bond motifs is 1. The summed E-state index contributed by atoms with van der Waals surface area (Å²) >= 11 is 0. The zero-order valence-corrected chi connectivity index (χ0v) is 14.0. The Bertz CT molecular complexity index is 580. The van der Waals surface area contributed by atoms with Gasteiger partial charge in [0, 0.05) is 44.2 Å². The molecule has 23 heavy (non-hydrogen) atoms. The van der Waals surface area contributed by atoms with Gasteiger partial charge in [-0.25, -0.2) is 0 Å². The molecular weight excluding hydrogens is 294 g/mol. The van der Waals surface area contributed by atoms with E-state index in [1.165, 1.54) is 12.7 Å². The van der Waals surface area contributed by atoms with Crippen molar-refractivity contribution in [2.45, 2.75) is 20.3 Å². The van der Waals surface area contributed by atoms with Gasteiger partial charge in [0.15, 0.2) is 5.69 Å². The molecular formula is C17H25N3O3. The molecule has 6 heteroatoms. The fraction of sp³-hybridized carbons (Fsp3) is 0.765. The summed E-state index contributed by atoms with van der Waals surface area (Å²) in [6, 6.07) is 1.66. The van der Waals surface area contributed by atoms with Crippen LogP contribution >= 0.6 is 0 Å². The van der Waals surface area contributed by atoms with Gasteiger partial charge in [-0.3, -0.25) is 9.69 Å². The molecule has 0 radical (unpaired) electrons. The zero-order valence-electron chi connectivity index (χ0n) is 14.0. The molecule has 0 unspecified atom stereocenters. The smallest absolute Gasteiger partial charge is 0.276 e. The first-order chi connectivity index (χ1) is 11.0. The molecule has 126 valence electrons. The van der Waals surface area contributed by atoms with Gasteiger partial charge in [0.25, 0.3) is 5.91 Å². The highest BCUT2D eigenvalue weighted by Crippen LogP contribution is 2.63. The average Bonchev–Trinajstić information content (AvgIpc) is 3.14. The summed E-state index contributed by atoms with van der Waals surface area (Å²) < 4.78 is 10.3. The van der Waals surface area contributed by atoms with Crippen LogP contribution in [-0.4, -0.2) is 66.8 Å². The Labute approximate surface area is 136 Å². The second-order valence-electron chi connectivity index (χ2n) is 8.04. The number of carbonyl (C=O) groups is 1. The monoisotopic (exact) mass is 319 g/mol. The molecule has 0 spiro atoms. The Morgan fingerprint density at radius 2 is 2.17 bits per heavy atom. The lowest BCUT2D eigenvalue weighted by Gasteiger charge is -2.58. The molecule has 2 saturated heterocycles. The van der Waals surface area contributed by atoms with E-state index in [2.05, 4.69) is 23.9 Å². The topological polar surface area (TPSA) is 58.8 Å². The third kappa shape index (κ3) is 2.48. The summed E-state index contributed by atoms with van der Waals surface area (Å²) in [6.45, 7) is 11.1. The van der Waals surface area contributed by atoms with Crippen molar-refractivity contribution in [3.63, 3.8) is 0 Å². The highest BCUT2D eigenvalue weighted by atomic mass is 16.5. The van der Waals surface area contributed by atoms with Crippen molar-refractivity contribution in [2.75, 3.05) is 45.9 Å². The number of hydrogen-bond acceptors (Lipinski definition) is 5. The summed E-state index contributed by atoms with van der Waals surface area (Å²) in [4.78, 5) is 17.1. The predicted molar refractivity (Wildman–Crippen MR) is 84.0 cm³/mol.